The molecule has 2 N–H and O–H groups in total. The van der Waals surface area contributed by atoms with Crippen molar-refractivity contribution < 1.29 is 19.1 Å². The third kappa shape index (κ3) is 4.81. The maximum atomic E-state index is 12.9. The number of anilines is 2. The van der Waals surface area contributed by atoms with Crippen LogP contribution in [-0.4, -0.2) is 46.5 Å². The van der Waals surface area contributed by atoms with Crippen LogP contribution in [0.15, 0.2) is 36.5 Å². The summed E-state index contributed by atoms with van der Waals surface area (Å²) in [6, 6.07) is 9.77. The summed E-state index contributed by atoms with van der Waals surface area (Å²) in [6.07, 6.45) is 5.70. The van der Waals surface area contributed by atoms with Crippen molar-refractivity contribution in [1.29, 1.82) is 0 Å². The van der Waals surface area contributed by atoms with E-state index in [9.17, 15) is 14.4 Å². The summed E-state index contributed by atoms with van der Waals surface area (Å²) in [4.78, 5) is 44.1. The predicted octanol–water partition coefficient (Wildman–Crippen LogP) is 4.44. The van der Waals surface area contributed by atoms with Gasteiger partial charge in [0.15, 0.2) is 0 Å². The van der Waals surface area contributed by atoms with Gasteiger partial charge in [-0.3, -0.25) is 9.59 Å². The van der Waals surface area contributed by atoms with Gasteiger partial charge in [-0.15, -0.1) is 0 Å². The molecule has 0 unspecified atom stereocenters. The van der Waals surface area contributed by atoms with Crippen molar-refractivity contribution in [2.24, 2.45) is 5.92 Å². The average Bonchev–Trinajstić information content (AvgIpc) is 3.34. The molecule has 0 radical (unpaired) electrons. The highest BCUT2D eigenvalue weighted by Crippen LogP contribution is 2.46. The second kappa shape index (κ2) is 9.22. The summed E-state index contributed by atoms with van der Waals surface area (Å²) >= 11 is 0. The largest absolute Gasteiger partial charge is 0.444 e. The first kappa shape index (κ1) is 24.3. The summed E-state index contributed by atoms with van der Waals surface area (Å²) in [5.74, 6) is 0.888. The molecular weight excluding hydrogens is 456 g/mol. The quantitative estimate of drug-likeness (QED) is 0.660. The van der Waals surface area contributed by atoms with Crippen LogP contribution in [0.5, 0.6) is 0 Å². The van der Waals surface area contributed by atoms with Gasteiger partial charge < -0.3 is 20.3 Å². The number of hydrogen-bond acceptors (Lipinski definition) is 5. The molecule has 190 valence electrons. The maximum absolute atomic E-state index is 12.9. The average molecular weight is 491 g/mol. The predicted molar refractivity (Wildman–Crippen MR) is 137 cm³/mol. The minimum absolute atomic E-state index is 0.00843. The van der Waals surface area contributed by atoms with Gasteiger partial charge in [0.2, 0.25) is 11.8 Å². The Labute approximate surface area is 211 Å². The van der Waals surface area contributed by atoms with Crippen LogP contribution >= 0.6 is 0 Å². The number of pyridine rings is 1. The Kier molecular flexibility index (Phi) is 6.22. The SMILES string of the molecule is CC(C)(C)OC(=O)N1CCC[C@H](CCC(=O)Nc2ccc3c(c2)C[C@@]2(C3)C(=O)Nc3ncccc32)C1. The Morgan fingerprint density at radius 1 is 1.22 bits per heavy atom. The van der Waals surface area contributed by atoms with E-state index in [2.05, 4.69) is 15.6 Å². The fraction of sp³-hybridized carbons (Fsp3) is 0.500. The van der Waals surface area contributed by atoms with E-state index in [0.29, 0.717) is 38.2 Å². The van der Waals surface area contributed by atoms with E-state index in [0.717, 1.165) is 41.6 Å². The number of piperidine rings is 1. The Hall–Kier alpha value is -3.42. The second-order valence-electron chi connectivity index (χ2n) is 11.3. The lowest BCUT2D eigenvalue weighted by Gasteiger charge is -2.34. The van der Waals surface area contributed by atoms with E-state index in [4.69, 9.17) is 4.74 Å². The number of likely N-dealkylation sites (tertiary alicyclic amines) is 1. The van der Waals surface area contributed by atoms with E-state index < -0.39 is 11.0 Å². The molecule has 1 fully saturated rings. The van der Waals surface area contributed by atoms with Gasteiger partial charge in [-0.2, -0.15) is 0 Å². The number of aromatic nitrogens is 1. The fourth-order valence-electron chi connectivity index (χ4n) is 5.70. The van der Waals surface area contributed by atoms with E-state index in [-0.39, 0.29) is 23.8 Å². The van der Waals surface area contributed by atoms with Crippen LogP contribution in [0.3, 0.4) is 0 Å². The zero-order valence-corrected chi connectivity index (χ0v) is 21.2. The lowest BCUT2D eigenvalue weighted by Crippen LogP contribution is -2.43. The Morgan fingerprint density at radius 3 is 2.83 bits per heavy atom. The molecule has 36 heavy (non-hydrogen) atoms. The summed E-state index contributed by atoms with van der Waals surface area (Å²) in [6.45, 7) is 6.94. The molecule has 3 amide bonds. The van der Waals surface area contributed by atoms with Crippen LogP contribution in [0.25, 0.3) is 0 Å². The van der Waals surface area contributed by atoms with E-state index >= 15 is 0 Å². The summed E-state index contributed by atoms with van der Waals surface area (Å²) in [7, 11) is 0. The Morgan fingerprint density at radius 2 is 2.03 bits per heavy atom. The molecule has 1 spiro atoms. The monoisotopic (exact) mass is 490 g/mol. The molecular formula is C28H34N4O4. The molecule has 8 heteroatoms. The van der Waals surface area contributed by atoms with Crippen LogP contribution < -0.4 is 10.6 Å². The first-order valence-corrected chi connectivity index (χ1v) is 12.8. The van der Waals surface area contributed by atoms with E-state index in [1.165, 1.54) is 0 Å². The van der Waals surface area contributed by atoms with Crippen LogP contribution in [0, 0.1) is 5.92 Å². The van der Waals surface area contributed by atoms with Crippen LogP contribution in [0.1, 0.15) is 63.1 Å². The molecule has 2 aliphatic heterocycles. The smallest absolute Gasteiger partial charge is 0.410 e. The van der Waals surface area contributed by atoms with Crippen LogP contribution in [-0.2, 0) is 32.6 Å². The molecule has 3 heterocycles. The van der Waals surface area contributed by atoms with Gasteiger partial charge in [0.1, 0.15) is 11.4 Å². The molecule has 2 aromatic rings. The highest BCUT2D eigenvalue weighted by molar-refractivity contribution is 6.06. The number of carbonyl (C=O) groups is 3. The first-order valence-electron chi connectivity index (χ1n) is 12.8. The van der Waals surface area contributed by atoms with Gasteiger partial charge in [-0.1, -0.05) is 12.1 Å². The molecule has 0 bridgehead atoms. The van der Waals surface area contributed by atoms with Crippen molar-refractivity contribution >= 4 is 29.4 Å². The van der Waals surface area contributed by atoms with Crippen molar-refractivity contribution in [3.8, 4) is 0 Å². The fourth-order valence-corrected chi connectivity index (χ4v) is 5.70. The molecule has 5 rings (SSSR count). The van der Waals surface area contributed by atoms with E-state index in [1.807, 2.05) is 51.1 Å². The maximum Gasteiger partial charge on any atom is 0.410 e. The highest BCUT2D eigenvalue weighted by atomic mass is 16.6. The zero-order chi connectivity index (χ0) is 25.5. The van der Waals surface area contributed by atoms with Gasteiger partial charge in [0.25, 0.3) is 0 Å². The molecule has 1 aromatic carbocycles. The van der Waals surface area contributed by atoms with Crippen molar-refractivity contribution in [2.75, 3.05) is 23.7 Å². The van der Waals surface area contributed by atoms with Crippen molar-refractivity contribution in [2.45, 2.75) is 70.3 Å². The molecule has 3 aliphatic rings. The van der Waals surface area contributed by atoms with Gasteiger partial charge in [0, 0.05) is 37.0 Å². The number of carbonyl (C=O) groups excluding carboxylic acids is 3. The lowest BCUT2D eigenvalue weighted by atomic mass is 9.79. The number of hydrogen-bond donors (Lipinski definition) is 2. The summed E-state index contributed by atoms with van der Waals surface area (Å²) in [5.41, 5.74) is 2.78. The molecule has 1 aliphatic carbocycles. The third-order valence-corrected chi connectivity index (χ3v) is 7.41. The number of rotatable bonds is 4. The topological polar surface area (TPSA) is 101 Å². The van der Waals surface area contributed by atoms with E-state index in [1.54, 1.807) is 11.1 Å². The normalized spacial score (nSPS) is 22.7. The molecule has 8 nitrogen and oxygen atoms in total. The van der Waals surface area contributed by atoms with Crippen molar-refractivity contribution in [3.05, 3.63) is 53.2 Å². The molecule has 0 saturated carbocycles. The van der Waals surface area contributed by atoms with Crippen molar-refractivity contribution in [3.63, 3.8) is 0 Å². The number of fused-ring (bicyclic) bond motifs is 3. The Bertz CT molecular complexity index is 1200. The molecule has 2 atom stereocenters. The minimum Gasteiger partial charge on any atom is -0.444 e. The van der Waals surface area contributed by atoms with Gasteiger partial charge >= 0.3 is 6.09 Å². The number of nitrogens with one attached hydrogen (secondary N) is 2. The number of ether oxygens (including phenoxy) is 1. The highest BCUT2D eigenvalue weighted by Gasteiger charge is 2.51. The van der Waals surface area contributed by atoms with Crippen molar-refractivity contribution in [1.82, 2.24) is 9.88 Å². The minimum atomic E-state index is -0.616. The van der Waals surface area contributed by atoms with Gasteiger partial charge in [-0.05, 0) is 88.1 Å². The number of nitrogens with zero attached hydrogens (tertiary/aromatic N) is 2. The molecule has 1 aromatic heterocycles. The lowest BCUT2D eigenvalue weighted by molar-refractivity contribution is -0.120. The van der Waals surface area contributed by atoms with Crippen LogP contribution in [0.4, 0.5) is 16.3 Å². The Balaban J connectivity index is 1.17. The zero-order valence-electron chi connectivity index (χ0n) is 21.2. The van der Waals surface area contributed by atoms with Crippen LogP contribution in [0.2, 0.25) is 0 Å². The van der Waals surface area contributed by atoms with Gasteiger partial charge in [0.05, 0.1) is 5.41 Å². The summed E-state index contributed by atoms with van der Waals surface area (Å²) in [5, 5.41) is 5.96. The third-order valence-electron chi connectivity index (χ3n) is 7.41. The first-order chi connectivity index (χ1) is 17.1. The second-order valence-corrected chi connectivity index (χ2v) is 11.3. The van der Waals surface area contributed by atoms with Gasteiger partial charge in [-0.25, -0.2) is 9.78 Å². The summed E-state index contributed by atoms with van der Waals surface area (Å²) < 4.78 is 5.51. The molecule has 1 saturated heterocycles. The standard InChI is InChI=1S/C28H34N4O4/c1-27(2,3)36-26(35)32-13-5-6-18(17-32)8-11-23(33)30-21-10-9-19-15-28(16-20(19)14-21)22-7-4-12-29-24(22)31-25(28)34/h4,7,9-10,12,14,18H,5-6,8,11,13,15-17H2,1-3H3,(H,30,33)(H,29,31,34)/t18-,28-/m1/s1. The number of benzene rings is 1. The number of amides is 3.